The number of anilines is 1. The normalized spacial score (nSPS) is 19.8. The lowest BCUT2D eigenvalue weighted by molar-refractivity contribution is -0.662. The average Bonchev–Trinajstić information content (AvgIpc) is 3.42. The van der Waals surface area contributed by atoms with Gasteiger partial charge in [0, 0.05) is 17.4 Å². The Morgan fingerprint density at radius 1 is 1.42 bits per heavy atom. The first-order chi connectivity index (χ1) is 17.3. The van der Waals surface area contributed by atoms with Gasteiger partial charge < -0.3 is 21.0 Å². The van der Waals surface area contributed by atoms with Gasteiger partial charge in [0.05, 0.1) is 6.20 Å². The largest absolute Gasteiger partial charge is 0.477 e. The summed E-state index contributed by atoms with van der Waals surface area (Å²) < 4.78 is 4.33. The number of nitrogens with two attached hydrogens (primary N) is 1. The van der Waals surface area contributed by atoms with Gasteiger partial charge in [-0.25, -0.2) is 18.7 Å². The summed E-state index contributed by atoms with van der Waals surface area (Å²) in [6.07, 6.45) is 5.64. The zero-order valence-electron chi connectivity index (χ0n) is 18.6. The van der Waals surface area contributed by atoms with Crippen LogP contribution in [0.1, 0.15) is 5.69 Å². The fraction of sp³-hybridized carbons (Fsp3) is 0.238. The molecule has 1 fully saturated rings. The smallest absolute Gasteiger partial charge is 0.352 e. The molecule has 2 aliphatic heterocycles. The summed E-state index contributed by atoms with van der Waals surface area (Å²) in [7, 11) is 1.28. The number of nitrogen functional groups attached to an aromatic ring is 1. The first-order valence-corrected chi connectivity index (χ1v) is 13.1. The van der Waals surface area contributed by atoms with E-state index in [9.17, 15) is 19.5 Å². The fourth-order valence-electron chi connectivity index (χ4n) is 4.15. The van der Waals surface area contributed by atoms with Crippen LogP contribution in [-0.4, -0.2) is 67.2 Å². The van der Waals surface area contributed by atoms with E-state index in [-0.39, 0.29) is 22.2 Å². The maximum atomic E-state index is 13.1. The number of carbonyl (C=O) groups is 3. The molecule has 4 N–H and O–H groups in total. The van der Waals surface area contributed by atoms with Gasteiger partial charge in [0.2, 0.25) is 0 Å². The Kier molecular flexibility index (Phi) is 6.44. The number of carbonyl (C=O) groups excluding carboxylic acids is 2. The molecule has 0 spiro atoms. The Hall–Kier alpha value is -3.43. The van der Waals surface area contributed by atoms with E-state index >= 15 is 0 Å². The van der Waals surface area contributed by atoms with Crippen molar-refractivity contribution in [2.45, 2.75) is 18.0 Å². The highest BCUT2D eigenvalue weighted by Gasteiger charge is 2.54. The van der Waals surface area contributed by atoms with Gasteiger partial charge >= 0.3 is 5.97 Å². The number of oxime groups is 1. The zero-order valence-corrected chi connectivity index (χ0v) is 21.8. The first-order valence-electron chi connectivity index (χ1n) is 10.5. The number of hydrogen-bond acceptors (Lipinski definition) is 9. The van der Waals surface area contributed by atoms with E-state index in [1.807, 2.05) is 45.8 Å². The number of halogens is 1. The van der Waals surface area contributed by atoms with Crippen molar-refractivity contribution in [1.29, 1.82) is 0 Å². The van der Waals surface area contributed by atoms with Crippen LogP contribution >= 0.6 is 39.0 Å². The molecule has 5 heterocycles. The molecule has 0 aliphatic carbocycles. The van der Waals surface area contributed by atoms with Crippen molar-refractivity contribution in [2.75, 3.05) is 18.6 Å². The Balaban J connectivity index is 1.38. The number of nitrogens with zero attached hydrogens (tertiary/aromatic N) is 5. The molecule has 0 aromatic carbocycles. The number of carboxylic acid groups (broad SMARTS) is 1. The van der Waals surface area contributed by atoms with Gasteiger partial charge in [0.15, 0.2) is 10.8 Å². The summed E-state index contributed by atoms with van der Waals surface area (Å²) >= 11 is 5.80. The van der Waals surface area contributed by atoms with E-state index in [4.69, 9.17) is 10.6 Å². The van der Waals surface area contributed by atoms with Crippen molar-refractivity contribution in [1.82, 2.24) is 19.6 Å². The number of imidazole rings is 1. The first kappa shape index (κ1) is 24.3. The lowest BCUT2D eigenvalue weighted by atomic mass is 10.0. The third-order valence-electron chi connectivity index (χ3n) is 5.69. The van der Waals surface area contributed by atoms with E-state index in [0.29, 0.717) is 21.7 Å². The third-order valence-corrected chi connectivity index (χ3v) is 8.56. The molecule has 186 valence electrons. The zero-order chi connectivity index (χ0) is 25.6. The van der Waals surface area contributed by atoms with Gasteiger partial charge in [-0.2, -0.15) is 0 Å². The molecule has 1 saturated heterocycles. The number of amides is 2. The Morgan fingerprint density at radius 2 is 2.22 bits per heavy atom. The maximum absolute atomic E-state index is 13.1. The fourth-order valence-corrected chi connectivity index (χ4v) is 6.81. The maximum Gasteiger partial charge on any atom is 0.352 e. The minimum atomic E-state index is -1.19. The number of pyridine rings is 1. The number of aromatic nitrogens is 3. The summed E-state index contributed by atoms with van der Waals surface area (Å²) in [5, 5.41) is 16.0. The number of nitrogens with one attached hydrogen (secondary N) is 1. The summed E-state index contributed by atoms with van der Waals surface area (Å²) in [6.45, 7) is 0.312. The van der Waals surface area contributed by atoms with Crippen molar-refractivity contribution in [2.24, 2.45) is 5.16 Å². The van der Waals surface area contributed by atoms with Crippen LogP contribution in [0.25, 0.3) is 5.65 Å². The predicted molar refractivity (Wildman–Crippen MR) is 135 cm³/mol. The van der Waals surface area contributed by atoms with Crippen LogP contribution in [0, 0.1) is 0 Å². The van der Waals surface area contributed by atoms with Crippen LogP contribution in [0.3, 0.4) is 0 Å². The molecular weight excluding hydrogens is 574 g/mol. The minimum Gasteiger partial charge on any atom is -0.477 e. The number of hydrogen-bond donors (Lipinski definition) is 3. The monoisotopic (exact) mass is 592 g/mol. The molecule has 0 saturated carbocycles. The van der Waals surface area contributed by atoms with Crippen molar-refractivity contribution < 1.29 is 28.9 Å². The summed E-state index contributed by atoms with van der Waals surface area (Å²) in [6, 6.07) is 4.79. The number of aliphatic carboxylic acids is 1. The van der Waals surface area contributed by atoms with Gasteiger partial charge in [-0.3, -0.25) is 14.5 Å². The predicted octanol–water partition coefficient (Wildman–Crippen LogP) is 0.817. The van der Waals surface area contributed by atoms with E-state index in [2.05, 4.69) is 31.4 Å². The molecule has 15 heteroatoms. The number of thiazole rings is 1. The molecule has 0 unspecified atom stereocenters. The number of thioether (sulfide) groups is 1. The molecule has 3 aromatic heterocycles. The molecule has 5 rings (SSSR count). The lowest BCUT2D eigenvalue weighted by Crippen LogP contribution is -2.71. The quantitative estimate of drug-likeness (QED) is 0.157. The summed E-state index contributed by atoms with van der Waals surface area (Å²) in [4.78, 5) is 48.4. The van der Waals surface area contributed by atoms with Crippen molar-refractivity contribution >= 4 is 73.3 Å². The Labute approximate surface area is 220 Å². The molecule has 2 aliphatic rings. The second-order valence-corrected chi connectivity index (χ2v) is 11.3. The van der Waals surface area contributed by atoms with Crippen LogP contribution in [0.4, 0.5) is 5.13 Å². The van der Waals surface area contributed by atoms with E-state index in [0.717, 1.165) is 17.0 Å². The third kappa shape index (κ3) is 4.12. The number of fused-ring (bicyclic) bond motifs is 2. The highest BCUT2D eigenvalue weighted by Crippen LogP contribution is 2.40. The van der Waals surface area contributed by atoms with Crippen LogP contribution < -0.4 is 15.6 Å². The molecular formula is C21H19BrN7O5S2+. The van der Waals surface area contributed by atoms with Crippen LogP contribution in [0.2, 0.25) is 0 Å². The molecule has 2 atom stereocenters. The van der Waals surface area contributed by atoms with Crippen LogP contribution in [-0.2, 0) is 25.8 Å². The van der Waals surface area contributed by atoms with E-state index < -0.39 is 29.2 Å². The van der Waals surface area contributed by atoms with Gasteiger partial charge in [-0.05, 0) is 22.0 Å². The molecule has 12 nitrogen and oxygen atoms in total. The minimum absolute atomic E-state index is 0.0576. The standard InChI is InChI=1S/C21H18BrN7O5S2/c1-34-26-13(12-16(22)36-21(23)25-12)17(30)24-14-18(31)29-15(20(32)33)10(9-35-19(14)29)8-28-7-6-27-5-3-2-4-11(27)28/h2-7,14,19H,8-9H2,1H3,(H3-,23,24,25,30,32,33)/p+1/t14-,19+/m1/s1. The molecule has 0 radical (unpaired) electrons. The summed E-state index contributed by atoms with van der Waals surface area (Å²) in [5.41, 5.74) is 7.18. The van der Waals surface area contributed by atoms with E-state index in [1.54, 1.807) is 0 Å². The second-order valence-electron chi connectivity index (χ2n) is 7.81. The Morgan fingerprint density at radius 3 is 2.92 bits per heavy atom. The topological polar surface area (TPSA) is 156 Å². The van der Waals surface area contributed by atoms with Gasteiger partial charge in [0.1, 0.15) is 52.6 Å². The molecule has 36 heavy (non-hydrogen) atoms. The molecule has 2 amide bonds. The van der Waals surface area contributed by atoms with Gasteiger partial charge in [-0.15, -0.1) is 11.8 Å². The highest BCUT2D eigenvalue weighted by molar-refractivity contribution is 9.11. The highest BCUT2D eigenvalue weighted by atomic mass is 79.9. The number of carboxylic acids is 1. The molecule has 3 aromatic rings. The van der Waals surface area contributed by atoms with Crippen molar-refractivity contribution in [3.8, 4) is 0 Å². The van der Waals surface area contributed by atoms with Crippen LogP contribution in [0.15, 0.2) is 57.0 Å². The van der Waals surface area contributed by atoms with Crippen LogP contribution in [0.5, 0.6) is 0 Å². The average molecular weight is 593 g/mol. The van der Waals surface area contributed by atoms with E-state index in [1.165, 1.54) is 23.8 Å². The number of rotatable bonds is 7. The lowest BCUT2D eigenvalue weighted by Gasteiger charge is -2.49. The van der Waals surface area contributed by atoms with Crippen molar-refractivity contribution in [3.63, 3.8) is 0 Å². The SMILES string of the molecule is CON=C(C(=O)N[C@@H]1C(=O)N2C(C(=O)O)=C(C[n+]3ccn4ccccc43)CS[C@@H]12)c1nc(N)sc1Br. The second kappa shape index (κ2) is 9.55. The Bertz CT molecular complexity index is 1470. The van der Waals surface area contributed by atoms with Gasteiger partial charge in [0.25, 0.3) is 17.5 Å². The van der Waals surface area contributed by atoms with Crippen molar-refractivity contribution in [3.05, 3.63) is 57.5 Å². The van der Waals surface area contributed by atoms with Gasteiger partial charge in [-0.1, -0.05) is 22.6 Å². The number of β-lactam (4-membered cyclic amide) rings is 1. The summed E-state index contributed by atoms with van der Waals surface area (Å²) in [5.74, 6) is -2.02. The molecule has 0 bridgehead atoms.